The predicted molar refractivity (Wildman–Crippen MR) is 97.6 cm³/mol. The maximum absolute atomic E-state index is 14.5. The van der Waals surface area contributed by atoms with E-state index in [9.17, 15) is 18.8 Å². The largest absolute Gasteiger partial charge is 0.352 e. The fourth-order valence-electron chi connectivity index (χ4n) is 4.12. The number of likely N-dealkylation sites (tertiary alicyclic amines) is 1. The first-order valence-electron chi connectivity index (χ1n) is 10.2. The number of alkyl halides is 1. The van der Waals surface area contributed by atoms with Gasteiger partial charge in [-0.05, 0) is 32.1 Å². The van der Waals surface area contributed by atoms with Crippen LogP contribution in [-0.2, 0) is 14.4 Å². The number of hydrogen-bond acceptors (Lipinski definition) is 4. The highest BCUT2D eigenvalue weighted by atomic mass is 19.1. The van der Waals surface area contributed by atoms with Crippen LogP contribution in [0.4, 0.5) is 4.39 Å². The molecule has 2 fully saturated rings. The van der Waals surface area contributed by atoms with Gasteiger partial charge >= 0.3 is 0 Å². The van der Waals surface area contributed by atoms with Crippen molar-refractivity contribution in [3.8, 4) is 0 Å². The second kappa shape index (κ2) is 10.6. The summed E-state index contributed by atoms with van der Waals surface area (Å²) in [5, 5.41) is 11.8. The molecule has 8 heteroatoms. The summed E-state index contributed by atoms with van der Waals surface area (Å²) in [4.78, 5) is 38.6. The molecule has 3 amide bonds. The third-order valence-corrected chi connectivity index (χ3v) is 5.69. The lowest BCUT2D eigenvalue weighted by Crippen LogP contribution is -2.52. The van der Waals surface area contributed by atoms with Gasteiger partial charge in [-0.2, -0.15) is 0 Å². The van der Waals surface area contributed by atoms with E-state index in [1.807, 2.05) is 6.92 Å². The van der Waals surface area contributed by atoms with Gasteiger partial charge in [0.25, 0.3) is 5.91 Å². The summed E-state index contributed by atoms with van der Waals surface area (Å²) in [6.07, 6.45) is 5.92. The maximum Gasteiger partial charge on any atom is 0.278 e. The van der Waals surface area contributed by atoms with Crippen molar-refractivity contribution in [3.05, 3.63) is 0 Å². The van der Waals surface area contributed by atoms with E-state index in [0.29, 0.717) is 25.8 Å². The van der Waals surface area contributed by atoms with Crippen LogP contribution in [0.25, 0.3) is 0 Å². The number of hydroxylamine groups is 1. The topological polar surface area (TPSA) is 98.7 Å². The Morgan fingerprint density at radius 1 is 1.15 bits per heavy atom. The summed E-state index contributed by atoms with van der Waals surface area (Å²) >= 11 is 0. The normalized spacial score (nSPS) is 22.9. The average molecular weight is 385 g/mol. The summed E-state index contributed by atoms with van der Waals surface area (Å²) in [5.41, 5.74) is 1.29. The highest BCUT2D eigenvalue weighted by Gasteiger charge is 2.42. The SMILES string of the molecule is CCCC[C@@H](C(=O)N1CCC[C@H]1C(=O)NC1CCCCC1)[C@H](F)C(=O)NO. The van der Waals surface area contributed by atoms with Crippen LogP contribution in [0, 0.1) is 5.92 Å². The highest BCUT2D eigenvalue weighted by Crippen LogP contribution is 2.26. The smallest absolute Gasteiger partial charge is 0.278 e. The Kier molecular flexibility index (Phi) is 8.47. The fourth-order valence-corrected chi connectivity index (χ4v) is 4.12. The molecule has 7 nitrogen and oxygen atoms in total. The summed E-state index contributed by atoms with van der Waals surface area (Å²) in [7, 11) is 0. The number of hydrogen-bond donors (Lipinski definition) is 3. The van der Waals surface area contributed by atoms with Gasteiger partial charge in [0.1, 0.15) is 6.04 Å². The van der Waals surface area contributed by atoms with Crippen molar-refractivity contribution in [2.45, 2.75) is 89.4 Å². The second-order valence-corrected chi connectivity index (χ2v) is 7.66. The third kappa shape index (κ3) is 5.64. The molecular weight excluding hydrogens is 353 g/mol. The van der Waals surface area contributed by atoms with E-state index in [-0.39, 0.29) is 18.4 Å². The van der Waals surface area contributed by atoms with Crippen LogP contribution in [0.2, 0.25) is 0 Å². The number of rotatable bonds is 8. The standard InChI is InChI=1S/C19H32FN3O4/c1-2-3-10-14(16(20)18(25)22-27)19(26)23-12-7-11-15(23)17(24)21-13-8-5-4-6-9-13/h13-16,27H,2-12H2,1H3,(H,21,24)(H,22,25)/t14-,15+,16+/m1/s1. The highest BCUT2D eigenvalue weighted by molar-refractivity contribution is 5.92. The molecule has 0 aromatic carbocycles. The molecule has 0 spiro atoms. The number of halogens is 1. The summed E-state index contributed by atoms with van der Waals surface area (Å²) in [6, 6.07) is -0.457. The number of nitrogens with zero attached hydrogens (tertiary/aromatic N) is 1. The molecule has 0 aromatic rings. The molecule has 3 atom stereocenters. The minimum atomic E-state index is -2.13. The Bertz CT molecular complexity index is 525. The summed E-state index contributed by atoms with van der Waals surface area (Å²) in [6.45, 7) is 2.30. The minimum absolute atomic E-state index is 0.147. The molecule has 0 unspecified atom stereocenters. The molecular formula is C19H32FN3O4. The Hall–Kier alpha value is -1.70. The van der Waals surface area contributed by atoms with Gasteiger partial charge in [0, 0.05) is 12.6 Å². The average Bonchev–Trinajstić information content (AvgIpc) is 3.18. The van der Waals surface area contributed by atoms with E-state index in [0.717, 1.165) is 32.1 Å². The summed E-state index contributed by atoms with van der Waals surface area (Å²) < 4.78 is 14.5. The van der Waals surface area contributed by atoms with Crippen LogP contribution >= 0.6 is 0 Å². The van der Waals surface area contributed by atoms with Crippen LogP contribution in [0.5, 0.6) is 0 Å². The number of nitrogens with one attached hydrogen (secondary N) is 2. The van der Waals surface area contributed by atoms with Gasteiger partial charge in [-0.1, -0.05) is 39.0 Å². The van der Waals surface area contributed by atoms with Crippen molar-refractivity contribution >= 4 is 17.7 Å². The van der Waals surface area contributed by atoms with Crippen LogP contribution in [0.1, 0.15) is 71.1 Å². The molecule has 0 bridgehead atoms. The lowest BCUT2D eigenvalue weighted by Gasteiger charge is -2.31. The monoisotopic (exact) mass is 385 g/mol. The Balaban J connectivity index is 2.05. The number of carbonyl (C=O) groups is 3. The van der Waals surface area contributed by atoms with Gasteiger partial charge in [0.15, 0.2) is 6.17 Å². The Labute approximate surface area is 160 Å². The zero-order chi connectivity index (χ0) is 19.8. The third-order valence-electron chi connectivity index (χ3n) is 5.69. The quantitative estimate of drug-likeness (QED) is 0.440. The van der Waals surface area contributed by atoms with Gasteiger partial charge < -0.3 is 10.2 Å². The van der Waals surface area contributed by atoms with Crippen molar-refractivity contribution in [1.29, 1.82) is 0 Å². The number of unbranched alkanes of at least 4 members (excludes halogenated alkanes) is 1. The van der Waals surface area contributed by atoms with Crippen molar-refractivity contribution < 1.29 is 24.0 Å². The Morgan fingerprint density at radius 2 is 1.85 bits per heavy atom. The molecule has 3 N–H and O–H groups in total. The summed E-state index contributed by atoms with van der Waals surface area (Å²) in [5.74, 6) is -3.09. The first-order chi connectivity index (χ1) is 13.0. The van der Waals surface area contributed by atoms with E-state index >= 15 is 0 Å². The molecule has 1 saturated heterocycles. The number of amides is 3. The number of carbonyl (C=O) groups excluding carboxylic acids is 3. The molecule has 0 radical (unpaired) electrons. The van der Waals surface area contributed by atoms with Crippen molar-refractivity contribution in [1.82, 2.24) is 15.7 Å². The maximum atomic E-state index is 14.5. The van der Waals surface area contributed by atoms with Crippen LogP contribution in [0.3, 0.4) is 0 Å². The van der Waals surface area contributed by atoms with E-state index in [1.165, 1.54) is 16.8 Å². The Morgan fingerprint density at radius 3 is 2.48 bits per heavy atom. The zero-order valence-corrected chi connectivity index (χ0v) is 16.1. The van der Waals surface area contributed by atoms with Gasteiger partial charge in [-0.25, -0.2) is 9.87 Å². The first-order valence-corrected chi connectivity index (χ1v) is 10.2. The lowest BCUT2D eigenvalue weighted by molar-refractivity contribution is -0.149. The van der Waals surface area contributed by atoms with Gasteiger partial charge in [-0.15, -0.1) is 0 Å². The van der Waals surface area contributed by atoms with E-state index in [1.54, 1.807) is 0 Å². The van der Waals surface area contributed by atoms with Gasteiger partial charge in [0.05, 0.1) is 5.92 Å². The van der Waals surface area contributed by atoms with E-state index < -0.39 is 29.9 Å². The van der Waals surface area contributed by atoms with Crippen LogP contribution < -0.4 is 10.8 Å². The molecule has 1 saturated carbocycles. The van der Waals surface area contributed by atoms with Crippen molar-refractivity contribution in [2.24, 2.45) is 5.92 Å². The van der Waals surface area contributed by atoms with Crippen molar-refractivity contribution in [2.75, 3.05) is 6.54 Å². The van der Waals surface area contributed by atoms with Gasteiger partial charge in [-0.3, -0.25) is 19.6 Å². The lowest BCUT2D eigenvalue weighted by atomic mass is 9.94. The second-order valence-electron chi connectivity index (χ2n) is 7.66. The molecule has 0 aromatic heterocycles. The molecule has 2 aliphatic rings. The molecule has 154 valence electrons. The molecule has 27 heavy (non-hydrogen) atoms. The first kappa shape index (κ1) is 21.6. The molecule has 1 heterocycles. The van der Waals surface area contributed by atoms with E-state index in [4.69, 9.17) is 5.21 Å². The molecule has 2 rings (SSSR count). The molecule has 1 aliphatic carbocycles. The van der Waals surface area contributed by atoms with Crippen molar-refractivity contribution in [3.63, 3.8) is 0 Å². The van der Waals surface area contributed by atoms with Gasteiger partial charge in [0.2, 0.25) is 11.8 Å². The minimum Gasteiger partial charge on any atom is -0.352 e. The van der Waals surface area contributed by atoms with Crippen LogP contribution in [-0.4, -0.2) is 52.6 Å². The van der Waals surface area contributed by atoms with Crippen LogP contribution in [0.15, 0.2) is 0 Å². The fraction of sp³-hybridized carbons (Fsp3) is 0.842. The zero-order valence-electron chi connectivity index (χ0n) is 16.1. The molecule has 1 aliphatic heterocycles. The predicted octanol–water partition coefficient (Wildman–Crippen LogP) is 2.08. The van der Waals surface area contributed by atoms with E-state index in [2.05, 4.69) is 5.32 Å².